The fraction of sp³-hybridized carbons (Fsp3) is 0.611. The summed E-state index contributed by atoms with van der Waals surface area (Å²) in [6.07, 6.45) is 7.23. The summed E-state index contributed by atoms with van der Waals surface area (Å²) >= 11 is 0. The third-order valence-electron chi connectivity index (χ3n) is 6.58. The summed E-state index contributed by atoms with van der Waals surface area (Å²) in [5.74, 6) is -0.648. The first-order valence-electron chi connectivity index (χ1n) is 7.96. The van der Waals surface area contributed by atoms with Crippen molar-refractivity contribution in [3.05, 3.63) is 35.5 Å². The first kappa shape index (κ1) is 13.3. The normalized spacial score (nSPS) is 47.5. The molecule has 0 heterocycles. The van der Waals surface area contributed by atoms with Gasteiger partial charge in [-0.05, 0) is 43.1 Å². The van der Waals surface area contributed by atoms with E-state index >= 15 is 0 Å². The fourth-order valence-corrected chi connectivity index (χ4v) is 5.67. The molecular weight excluding hydrogens is 264 g/mol. The first-order chi connectivity index (χ1) is 9.95. The Morgan fingerprint density at radius 1 is 1.48 bits per heavy atom. The summed E-state index contributed by atoms with van der Waals surface area (Å²) in [6.45, 7) is 6.20. The highest BCUT2D eigenvalue weighted by atomic mass is 16.4. The van der Waals surface area contributed by atoms with Gasteiger partial charge >= 0.3 is 5.97 Å². The number of hydrogen-bond acceptors (Lipinski definition) is 2. The molecule has 2 saturated carbocycles. The molecule has 3 heteroatoms. The predicted octanol–water partition coefficient (Wildman–Crippen LogP) is 2.93. The molecule has 0 saturated heterocycles. The number of carbonyl (C=O) groups is 1. The lowest BCUT2D eigenvalue weighted by Crippen LogP contribution is -2.41. The lowest BCUT2D eigenvalue weighted by molar-refractivity contribution is -0.148. The Morgan fingerprint density at radius 2 is 2.24 bits per heavy atom. The molecule has 0 aromatic heterocycles. The average Bonchev–Trinajstić information content (AvgIpc) is 2.86. The van der Waals surface area contributed by atoms with Gasteiger partial charge in [-0.3, -0.25) is 4.79 Å². The number of aliphatic hydroxyl groups excluding tert-OH is 1. The van der Waals surface area contributed by atoms with Crippen LogP contribution in [0.3, 0.4) is 0 Å². The van der Waals surface area contributed by atoms with E-state index in [0.29, 0.717) is 5.92 Å². The highest BCUT2D eigenvalue weighted by Gasteiger charge is 2.62. The van der Waals surface area contributed by atoms with Crippen LogP contribution in [-0.4, -0.2) is 22.3 Å². The molecule has 0 aromatic rings. The van der Waals surface area contributed by atoms with Gasteiger partial charge in [0, 0.05) is 11.3 Å². The topological polar surface area (TPSA) is 57.5 Å². The van der Waals surface area contributed by atoms with Crippen molar-refractivity contribution in [1.29, 1.82) is 0 Å². The Hall–Kier alpha value is -1.35. The Bertz CT molecular complexity index is 600. The van der Waals surface area contributed by atoms with E-state index in [-0.39, 0.29) is 23.2 Å². The number of fused-ring (bicyclic) bond motifs is 2. The van der Waals surface area contributed by atoms with Crippen molar-refractivity contribution in [1.82, 2.24) is 0 Å². The second kappa shape index (κ2) is 4.10. The summed E-state index contributed by atoms with van der Waals surface area (Å²) in [7, 11) is 0. The maximum Gasteiger partial charge on any atom is 0.308 e. The van der Waals surface area contributed by atoms with Crippen LogP contribution in [0, 0.1) is 29.1 Å². The van der Waals surface area contributed by atoms with Gasteiger partial charge in [-0.15, -0.1) is 0 Å². The third kappa shape index (κ3) is 1.50. The zero-order valence-corrected chi connectivity index (χ0v) is 12.4. The van der Waals surface area contributed by atoms with Crippen LogP contribution >= 0.6 is 0 Å². The Morgan fingerprint density at radius 3 is 2.95 bits per heavy atom. The molecule has 1 spiro atoms. The molecule has 0 amide bonds. The van der Waals surface area contributed by atoms with Gasteiger partial charge in [-0.25, -0.2) is 0 Å². The maximum absolute atomic E-state index is 12.1. The van der Waals surface area contributed by atoms with Crippen LogP contribution in [-0.2, 0) is 4.79 Å². The molecule has 2 fully saturated rings. The molecule has 3 nitrogen and oxygen atoms in total. The van der Waals surface area contributed by atoms with E-state index in [1.807, 2.05) is 19.1 Å². The van der Waals surface area contributed by atoms with Crippen molar-refractivity contribution in [2.24, 2.45) is 29.1 Å². The molecule has 0 aliphatic heterocycles. The lowest BCUT2D eigenvalue weighted by atomic mass is 9.64. The number of carboxylic acid groups (broad SMARTS) is 1. The van der Waals surface area contributed by atoms with Gasteiger partial charge in [0.2, 0.25) is 0 Å². The number of aliphatic carboxylic acids is 1. The fourth-order valence-electron chi connectivity index (χ4n) is 5.67. The zero-order chi connectivity index (χ0) is 14.9. The summed E-state index contributed by atoms with van der Waals surface area (Å²) in [4.78, 5) is 12.1. The number of carboxylic acids is 1. The molecular formula is C18H22O3. The molecule has 21 heavy (non-hydrogen) atoms. The second-order valence-corrected chi connectivity index (χ2v) is 7.42. The smallest absolute Gasteiger partial charge is 0.308 e. The lowest BCUT2D eigenvalue weighted by Gasteiger charge is -2.38. The van der Waals surface area contributed by atoms with Crippen LogP contribution in [0.5, 0.6) is 0 Å². The van der Waals surface area contributed by atoms with Crippen molar-refractivity contribution in [2.75, 3.05) is 0 Å². The van der Waals surface area contributed by atoms with E-state index in [9.17, 15) is 15.0 Å². The van der Waals surface area contributed by atoms with Gasteiger partial charge in [0.05, 0.1) is 12.0 Å². The molecule has 0 radical (unpaired) electrons. The highest BCUT2D eigenvalue weighted by molar-refractivity contribution is 5.76. The van der Waals surface area contributed by atoms with E-state index in [1.165, 1.54) is 16.7 Å². The number of allylic oxidation sites excluding steroid dienone is 4. The number of hydrogen-bond donors (Lipinski definition) is 2. The summed E-state index contributed by atoms with van der Waals surface area (Å²) in [5, 5.41) is 20.1. The zero-order valence-electron chi connectivity index (χ0n) is 12.4. The molecule has 112 valence electrons. The van der Waals surface area contributed by atoms with E-state index < -0.39 is 12.1 Å². The summed E-state index contributed by atoms with van der Waals surface area (Å²) in [5.41, 5.74) is 3.61. The Balaban J connectivity index is 1.91. The van der Waals surface area contributed by atoms with Crippen LogP contribution in [0.15, 0.2) is 35.5 Å². The van der Waals surface area contributed by atoms with E-state index in [2.05, 4.69) is 6.58 Å². The first-order valence-corrected chi connectivity index (χ1v) is 7.96. The molecule has 6 unspecified atom stereocenters. The highest BCUT2D eigenvalue weighted by Crippen LogP contribution is 2.68. The third-order valence-corrected chi connectivity index (χ3v) is 6.58. The van der Waals surface area contributed by atoms with E-state index in [4.69, 9.17) is 0 Å². The van der Waals surface area contributed by atoms with E-state index in [0.717, 1.165) is 25.7 Å². The monoisotopic (exact) mass is 286 g/mol. The Kier molecular flexibility index (Phi) is 2.60. The molecule has 4 aliphatic rings. The minimum atomic E-state index is -0.697. The van der Waals surface area contributed by atoms with Gasteiger partial charge in [-0.2, -0.15) is 0 Å². The molecule has 4 aliphatic carbocycles. The van der Waals surface area contributed by atoms with Crippen LogP contribution in [0.2, 0.25) is 0 Å². The summed E-state index contributed by atoms with van der Waals surface area (Å²) in [6, 6.07) is 0. The number of aliphatic hydroxyl groups is 1. The number of rotatable bonds is 1. The Labute approximate surface area is 125 Å². The van der Waals surface area contributed by atoms with Crippen molar-refractivity contribution in [3.63, 3.8) is 0 Å². The van der Waals surface area contributed by atoms with Crippen molar-refractivity contribution in [2.45, 2.75) is 38.7 Å². The van der Waals surface area contributed by atoms with Gasteiger partial charge in [0.15, 0.2) is 0 Å². The maximum atomic E-state index is 12.1. The van der Waals surface area contributed by atoms with Crippen molar-refractivity contribution >= 4 is 5.97 Å². The van der Waals surface area contributed by atoms with Gasteiger partial charge in [0.1, 0.15) is 0 Å². The average molecular weight is 286 g/mol. The van der Waals surface area contributed by atoms with Crippen LogP contribution in [0.25, 0.3) is 0 Å². The largest absolute Gasteiger partial charge is 0.481 e. The van der Waals surface area contributed by atoms with Crippen molar-refractivity contribution in [3.8, 4) is 0 Å². The van der Waals surface area contributed by atoms with Crippen LogP contribution in [0.1, 0.15) is 32.6 Å². The molecule has 2 bridgehead atoms. The SMILES string of the molecule is C=C1CC23CC1CCC2=C1C=CC(O)C(C)C1C3C(=O)O. The van der Waals surface area contributed by atoms with Crippen LogP contribution in [0.4, 0.5) is 0 Å². The summed E-state index contributed by atoms with van der Waals surface area (Å²) < 4.78 is 0. The molecule has 6 atom stereocenters. The van der Waals surface area contributed by atoms with Gasteiger partial charge in [0.25, 0.3) is 0 Å². The quantitative estimate of drug-likeness (QED) is 0.729. The van der Waals surface area contributed by atoms with E-state index in [1.54, 1.807) is 0 Å². The second-order valence-electron chi connectivity index (χ2n) is 7.42. The molecule has 0 aromatic carbocycles. The van der Waals surface area contributed by atoms with Gasteiger partial charge in [-0.1, -0.05) is 36.8 Å². The molecule has 4 rings (SSSR count). The van der Waals surface area contributed by atoms with Crippen molar-refractivity contribution < 1.29 is 15.0 Å². The standard InChI is InChI=1S/C18H22O3/c1-9-7-18-8-11(9)3-5-13(18)12-4-6-14(19)10(2)15(12)16(18)17(20)21/h4,6,10-11,14-16,19H,1,3,5,7-8H2,2H3,(H,20,21). The minimum Gasteiger partial charge on any atom is -0.481 e. The van der Waals surface area contributed by atoms with Crippen LogP contribution < -0.4 is 0 Å². The predicted molar refractivity (Wildman–Crippen MR) is 79.5 cm³/mol. The minimum absolute atomic E-state index is 0.0223. The molecule has 2 N–H and O–H groups in total. The van der Waals surface area contributed by atoms with Gasteiger partial charge < -0.3 is 10.2 Å².